The average molecular weight is 686 g/mol. The smallest absolute Gasteiger partial charge is 0.0618 e. The largest absolute Gasteiger partial charge is 0.309 e. The van der Waals surface area contributed by atoms with Gasteiger partial charge in [0.1, 0.15) is 0 Å². The number of hydrogen-bond acceptors (Lipinski definition) is 3. The molecule has 2 aromatic heterocycles. The highest BCUT2D eigenvalue weighted by Crippen LogP contribution is 2.50. The van der Waals surface area contributed by atoms with E-state index >= 15 is 0 Å². The van der Waals surface area contributed by atoms with E-state index in [0.717, 1.165) is 17.1 Å². The Balaban J connectivity index is 1.32. The van der Waals surface area contributed by atoms with Gasteiger partial charge in [0.25, 0.3) is 0 Å². The first-order chi connectivity index (χ1) is 25.3. The molecule has 0 saturated heterocycles. The zero-order valence-corrected chi connectivity index (χ0v) is 29.3. The summed E-state index contributed by atoms with van der Waals surface area (Å²) >= 11 is 3.73. The Morgan fingerprint density at radius 1 is 0.294 bits per heavy atom. The minimum absolute atomic E-state index is 1.14. The quantitative estimate of drug-likeness (QED) is 0.168. The highest BCUT2D eigenvalue weighted by Gasteiger charge is 2.24. The summed E-state index contributed by atoms with van der Waals surface area (Å²) in [6, 6.07) is 68.8. The number of anilines is 3. The van der Waals surface area contributed by atoms with Gasteiger partial charge in [-0.05, 0) is 70.8 Å². The average Bonchev–Trinajstić information content (AvgIpc) is 3.76. The van der Waals surface area contributed by atoms with Gasteiger partial charge in [-0.3, -0.25) is 0 Å². The van der Waals surface area contributed by atoms with Crippen molar-refractivity contribution in [3.8, 4) is 33.4 Å². The van der Waals surface area contributed by atoms with Crippen molar-refractivity contribution in [2.75, 3.05) is 4.90 Å². The third-order valence-electron chi connectivity index (χ3n) is 9.85. The fourth-order valence-electron chi connectivity index (χ4n) is 7.46. The van der Waals surface area contributed by atoms with Gasteiger partial charge in [0, 0.05) is 62.8 Å². The van der Waals surface area contributed by atoms with Crippen LogP contribution in [0.3, 0.4) is 0 Å². The molecule has 240 valence electrons. The molecule has 8 aromatic carbocycles. The molecule has 0 amide bonds. The molecular weight excluding hydrogens is 655 g/mol. The summed E-state index contributed by atoms with van der Waals surface area (Å²) in [5, 5.41) is 5.21. The van der Waals surface area contributed by atoms with Gasteiger partial charge in [0.15, 0.2) is 0 Å². The van der Waals surface area contributed by atoms with Crippen molar-refractivity contribution in [1.82, 2.24) is 0 Å². The number of nitrogens with zero attached hydrogens (tertiary/aromatic N) is 1. The summed E-state index contributed by atoms with van der Waals surface area (Å²) < 4.78 is 5.19. The second-order valence-corrected chi connectivity index (χ2v) is 15.1. The van der Waals surface area contributed by atoms with Crippen LogP contribution in [-0.4, -0.2) is 0 Å². The first-order valence-electron chi connectivity index (χ1n) is 17.3. The highest BCUT2D eigenvalue weighted by molar-refractivity contribution is 7.26. The molecule has 0 aliphatic heterocycles. The highest BCUT2D eigenvalue weighted by atomic mass is 32.1. The second-order valence-electron chi connectivity index (χ2n) is 12.9. The van der Waals surface area contributed by atoms with Gasteiger partial charge in [0.05, 0.1) is 5.69 Å². The Hall–Kier alpha value is -6.00. The number of rotatable bonds is 6. The zero-order valence-electron chi connectivity index (χ0n) is 27.7. The number of fused-ring (bicyclic) bond motifs is 6. The van der Waals surface area contributed by atoms with E-state index in [0.29, 0.717) is 0 Å². The fraction of sp³-hybridized carbons (Fsp3) is 0. The summed E-state index contributed by atoms with van der Waals surface area (Å²) in [5.41, 5.74) is 10.5. The van der Waals surface area contributed by atoms with Crippen molar-refractivity contribution in [3.05, 3.63) is 188 Å². The van der Waals surface area contributed by atoms with Crippen molar-refractivity contribution in [1.29, 1.82) is 0 Å². The molecule has 2 heterocycles. The van der Waals surface area contributed by atoms with E-state index < -0.39 is 0 Å². The monoisotopic (exact) mass is 685 g/mol. The standard InChI is InChI=1S/C48H31NS2/c1-4-14-32(15-5-1)35-28-42(33-16-6-2-7-17-33)48(43(29-35)34-18-8-3-9-19-34)49(36-24-26-40-38-20-10-12-22-44(38)50-46(40)30-36)37-25-27-41-39-21-11-13-23-45(39)51-47(41)31-37/h1-31H. The van der Waals surface area contributed by atoms with E-state index in [-0.39, 0.29) is 0 Å². The van der Waals surface area contributed by atoms with Crippen LogP contribution in [-0.2, 0) is 0 Å². The van der Waals surface area contributed by atoms with Gasteiger partial charge >= 0.3 is 0 Å². The summed E-state index contributed by atoms with van der Waals surface area (Å²) in [4.78, 5) is 2.51. The molecule has 0 radical (unpaired) electrons. The summed E-state index contributed by atoms with van der Waals surface area (Å²) in [7, 11) is 0. The lowest BCUT2D eigenvalue weighted by Crippen LogP contribution is -2.13. The Morgan fingerprint density at radius 3 is 1.16 bits per heavy atom. The number of hydrogen-bond donors (Lipinski definition) is 0. The first-order valence-corrected chi connectivity index (χ1v) is 18.9. The van der Waals surface area contributed by atoms with Crippen molar-refractivity contribution in [2.24, 2.45) is 0 Å². The van der Waals surface area contributed by atoms with Crippen molar-refractivity contribution >= 4 is 80.1 Å². The van der Waals surface area contributed by atoms with Gasteiger partial charge in [-0.2, -0.15) is 0 Å². The Labute approximate surface area is 304 Å². The lowest BCUT2D eigenvalue weighted by molar-refractivity contribution is 1.30. The Morgan fingerprint density at radius 2 is 0.686 bits per heavy atom. The maximum absolute atomic E-state index is 2.51. The van der Waals surface area contributed by atoms with Crippen LogP contribution < -0.4 is 4.90 Å². The molecule has 51 heavy (non-hydrogen) atoms. The van der Waals surface area contributed by atoms with Gasteiger partial charge in [-0.15, -0.1) is 22.7 Å². The topological polar surface area (TPSA) is 3.24 Å². The molecule has 0 aliphatic rings. The molecule has 10 rings (SSSR count). The Kier molecular flexibility index (Phi) is 7.26. The van der Waals surface area contributed by atoms with E-state index in [1.54, 1.807) is 0 Å². The van der Waals surface area contributed by atoms with Gasteiger partial charge in [0.2, 0.25) is 0 Å². The third kappa shape index (κ3) is 5.21. The molecule has 0 spiro atoms. The minimum atomic E-state index is 1.14. The SMILES string of the molecule is c1ccc(-c2cc(-c3ccccc3)c(N(c3ccc4c(c3)sc3ccccc34)c3ccc4c(c3)sc3ccccc34)c(-c3ccccc3)c2)cc1. The first kappa shape index (κ1) is 29.9. The molecule has 0 fully saturated rings. The van der Waals surface area contributed by atoms with Crippen molar-refractivity contribution in [2.45, 2.75) is 0 Å². The summed E-state index contributed by atoms with van der Waals surface area (Å²) in [6.07, 6.45) is 0. The van der Waals surface area contributed by atoms with Gasteiger partial charge in [-0.25, -0.2) is 0 Å². The maximum atomic E-state index is 2.51. The molecule has 1 nitrogen and oxygen atoms in total. The summed E-state index contributed by atoms with van der Waals surface area (Å²) in [6.45, 7) is 0. The summed E-state index contributed by atoms with van der Waals surface area (Å²) in [5.74, 6) is 0. The van der Waals surface area contributed by atoms with Gasteiger partial charge in [-0.1, -0.05) is 140 Å². The maximum Gasteiger partial charge on any atom is 0.0618 e. The molecule has 0 atom stereocenters. The van der Waals surface area contributed by atoms with Crippen LogP contribution in [0.25, 0.3) is 73.7 Å². The normalized spacial score (nSPS) is 11.5. The minimum Gasteiger partial charge on any atom is -0.309 e. The fourth-order valence-corrected chi connectivity index (χ4v) is 9.74. The van der Waals surface area contributed by atoms with Crippen LogP contribution in [0.2, 0.25) is 0 Å². The van der Waals surface area contributed by atoms with Crippen LogP contribution >= 0.6 is 22.7 Å². The zero-order chi connectivity index (χ0) is 33.7. The second kappa shape index (κ2) is 12.4. The third-order valence-corrected chi connectivity index (χ3v) is 12.1. The van der Waals surface area contributed by atoms with E-state index in [9.17, 15) is 0 Å². The lowest BCUT2D eigenvalue weighted by Gasteiger charge is -2.31. The molecule has 10 aromatic rings. The van der Waals surface area contributed by atoms with E-state index in [2.05, 4.69) is 193 Å². The Bertz CT molecular complexity index is 2680. The van der Waals surface area contributed by atoms with Crippen LogP contribution in [0.1, 0.15) is 0 Å². The predicted molar refractivity (Wildman–Crippen MR) is 223 cm³/mol. The van der Waals surface area contributed by atoms with Gasteiger partial charge < -0.3 is 4.90 Å². The lowest BCUT2D eigenvalue weighted by atomic mass is 9.90. The molecule has 0 unspecified atom stereocenters. The predicted octanol–water partition coefficient (Wildman–Crippen LogP) is 14.9. The van der Waals surface area contributed by atoms with E-state index in [4.69, 9.17) is 0 Å². The van der Waals surface area contributed by atoms with E-state index in [1.165, 1.54) is 73.7 Å². The van der Waals surface area contributed by atoms with Crippen LogP contribution in [0.4, 0.5) is 17.1 Å². The van der Waals surface area contributed by atoms with Crippen molar-refractivity contribution < 1.29 is 0 Å². The van der Waals surface area contributed by atoms with Crippen LogP contribution in [0.15, 0.2) is 188 Å². The van der Waals surface area contributed by atoms with Crippen LogP contribution in [0, 0.1) is 0 Å². The number of benzene rings is 8. The van der Waals surface area contributed by atoms with Crippen LogP contribution in [0.5, 0.6) is 0 Å². The van der Waals surface area contributed by atoms with Crippen molar-refractivity contribution in [3.63, 3.8) is 0 Å². The molecule has 0 N–H and O–H groups in total. The molecule has 0 bridgehead atoms. The molecule has 0 saturated carbocycles. The number of thiophene rings is 2. The molecule has 0 aliphatic carbocycles. The molecular formula is C48H31NS2. The molecule has 3 heteroatoms. The van der Waals surface area contributed by atoms with E-state index in [1.807, 2.05) is 22.7 Å².